The van der Waals surface area contributed by atoms with E-state index in [1.807, 2.05) is 38.1 Å². The fraction of sp³-hybridized carbons (Fsp3) is 0.182. The molecule has 1 aromatic heterocycles. The van der Waals surface area contributed by atoms with E-state index in [9.17, 15) is 14.4 Å². The lowest BCUT2D eigenvalue weighted by Crippen LogP contribution is -2.30. The molecule has 146 valence electrons. The Morgan fingerprint density at radius 3 is 2.28 bits per heavy atom. The normalized spacial score (nSPS) is 19.1. The second-order valence-corrected chi connectivity index (χ2v) is 8.98. The third-order valence-corrected chi connectivity index (χ3v) is 6.68. The number of aryl methyl sites for hydroxylation is 2. The van der Waals surface area contributed by atoms with Gasteiger partial charge in [0.2, 0.25) is 5.78 Å². The van der Waals surface area contributed by atoms with Crippen molar-refractivity contribution in [2.24, 2.45) is 5.92 Å². The molecule has 1 fully saturated rings. The molecule has 0 bridgehead atoms. The number of amides is 1. The summed E-state index contributed by atoms with van der Waals surface area (Å²) in [7, 11) is 0. The van der Waals surface area contributed by atoms with Crippen molar-refractivity contribution in [1.82, 2.24) is 4.98 Å². The molecule has 2 aromatic carbocycles. The summed E-state index contributed by atoms with van der Waals surface area (Å²) in [5.41, 5.74) is 1.93. The van der Waals surface area contributed by atoms with Crippen LogP contribution in [0.5, 0.6) is 0 Å². The largest absolute Gasteiger partial charge is 0.297 e. The van der Waals surface area contributed by atoms with Crippen molar-refractivity contribution in [3.63, 3.8) is 0 Å². The minimum Gasteiger partial charge on any atom is -0.293 e. The summed E-state index contributed by atoms with van der Waals surface area (Å²) in [5, 5.41) is 0.439. The number of benzene rings is 2. The molecule has 0 radical (unpaired) electrons. The summed E-state index contributed by atoms with van der Waals surface area (Å²) in [6, 6.07) is 15.2. The number of aromatic nitrogens is 1. The molecule has 2 unspecified atom stereocenters. The molecular weight excluding hydrogens is 452 g/mol. The van der Waals surface area contributed by atoms with E-state index in [0.717, 1.165) is 15.0 Å². The minimum atomic E-state index is -1.12. The van der Waals surface area contributed by atoms with Gasteiger partial charge in [-0.05, 0) is 31.5 Å². The molecule has 29 heavy (non-hydrogen) atoms. The van der Waals surface area contributed by atoms with Gasteiger partial charge in [0.05, 0.1) is 11.7 Å². The Morgan fingerprint density at radius 2 is 1.69 bits per heavy atom. The zero-order valence-corrected chi connectivity index (χ0v) is 18.2. The zero-order chi connectivity index (χ0) is 20.7. The van der Waals surface area contributed by atoms with Gasteiger partial charge in [0.15, 0.2) is 10.9 Å². The van der Waals surface area contributed by atoms with Crippen molar-refractivity contribution in [2.75, 3.05) is 4.90 Å². The number of carbonyl (C=O) groups is 3. The Morgan fingerprint density at radius 1 is 1.03 bits per heavy atom. The van der Waals surface area contributed by atoms with Crippen LogP contribution in [0.25, 0.3) is 0 Å². The van der Waals surface area contributed by atoms with Crippen LogP contribution in [0.15, 0.2) is 59.1 Å². The smallest absolute Gasteiger partial charge is 0.293 e. The minimum absolute atomic E-state index is 0.357. The van der Waals surface area contributed by atoms with Crippen molar-refractivity contribution >= 4 is 49.9 Å². The summed E-state index contributed by atoms with van der Waals surface area (Å²) in [5.74, 6) is -2.86. The molecule has 1 aliphatic rings. The molecule has 1 amide bonds. The van der Waals surface area contributed by atoms with Crippen LogP contribution in [0.2, 0.25) is 0 Å². The Labute approximate surface area is 180 Å². The Kier molecular flexibility index (Phi) is 5.19. The van der Waals surface area contributed by atoms with Crippen molar-refractivity contribution in [3.05, 3.63) is 80.8 Å². The molecule has 1 saturated heterocycles. The van der Waals surface area contributed by atoms with E-state index in [1.165, 1.54) is 16.2 Å². The van der Waals surface area contributed by atoms with Gasteiger partial charge in [0.1, 0.15) is 5.92 Å². The number of ketones is 2. The van der Waals surface area contributed by atoms with Crippen LogP contribution in [0.1, 0.15) is 32.5 Å². The Bertz CT molecular complexity index is 1090. The number of anilines is 1. The van der Waals surface area contributed by atoms with Gasteiger partial charge in [0.25, 0.3) is 5.91 Å². The molecule has 3 aromatic rings. The second kappa shape index (κ2) is 7.65. The molecular formula is C22H17BrN2O3S. The van der Waals surface area contributed by atoms with Gasteiger partial charge in [-0.2, -0.15) is 0 Å². The first kappa shape index (κ1) is 19.7. The highest BCUT2D eigenvalue weighted by atomic mass is 79.9. The van der Waals surface area contributed by atoms with Crippen LogP contribution in [0.3, 0.4) is 0 Å². The first-order valence-corrected chi connectivity index (χ1v) is 10.7. The maximum Gasteiger partial charge on any atom is 0.297 e. The average molecular weight is 469 g/mol. The van der Waals surface area contributed by atoms with Crippen LogP contribution >= 0.6 is 27.3 Å². The molecule has 2 atom stereocenters. The Hall–Kier alpha value is -2.64. The standard InChI is InChI=1S/C22H17BrN2O3S/c1-12-13(2)29-22(24-12)25-18(14-8-10-16(23)11-9-14)17(20(27)21(25)28)19(26)15-6-4-3-5-7-15/h3-11,17-18H,1-2H3. The van der Waals surface area contributed by atoms with E-state index in [1.54, 1.807) is 30.3 Å². The lowest BCUT2D eigenvalue weighted by molar-refractivity contribution is -0.135. The van der Waals surface area contributed by atoms with E-state index in [0.29, 0.717) is 16.3 Å². The van der Waals surface area contributed by atoms with Crippen molar-refractivity contribution in [1.29, 1.82) is 0 Å². The van der Waals surface area contributed by atoms with Gasteiger partial charge < -0.3 is 0 Å². The van der Waals surface area contributed by atoms with E-state index in [2.05, 4.69) is 20.9 Å². The fourth-order valence-electron chi connectivity index (χ4n) is 3.48. The number of hydrogen-bond acceptors (Lipinski definition) is 5. The average Bonchev–Trinajstić information content (AvgIpc) is 3.18. The highest BCUT2D eigenvalue weighted by Crippen LogP contribution is 2.43. The maximum absolute atomic E-state index is 13.3. The summed E-state index contributed by atoms with van der Waals surface area (Å²) >= 11 is 4.76. The van der Waals surface area contributed by atoms with Crippen LogP contribution in [-0.2, 0) is 9.59 Å². The molecule has 0 spiro atoms. The fourth-order valence-corrected chi connectivity index (χ4v) is 4.69. The lowest BCUT2D eigenvalue weighted by Gasteiger charge is -2.25. The van der Waals surface area contributed by atoms with Crippen molar-refractivity contribution < 1.29 is 14.4 Å². The summed E-state index contributed by atoms with van der Waals surface area (Å²) < 4.78 is 0.871. The van der Waals surface area contributed by atoms with Crippen LogP contribution in [0, 0.1) is 19.8 Å². The highest BCUT2D eigenvalue weighted by Gasteiger charge is 2.53. The number of carbonyl (C=O) groups excluding carboxylic acids is 3. The zero-order valence-electron chi connectivity index (χ0n) is 15.8. The molecule has 0 saturated carbocycles. The number of hydrogen-bond donors (Lipinski definition) is 0. The van der Waals surface area contributed by atoms with Gasteiger partial charge in [-0.3, -0.25) is 19.3 Å². The van der Waals surface area contributed by atoms with Gasteiger partial charge in [0, 0.05) is 14.9 Å². The van der Waals surface area contributed by atoms with E-state index in [-0.39, 0.29) is 5.78 Å². The predicted octanol–water partition coefficient (Wildman–Crippen LogP) is 4.68. The SMILES string of the molecule is Cc1nc(N2C(=O)C(=O)C(C(=O)c3ccccc3)C2c2ccc(Br)cc2)sc1C. The van der Waals surface area contributed by atoms with Crippen molar-refractivity contribution in [2.45, 2.75) is 19.9 Å². The van der Waals surface area contributed by atoms with Crippen LogP contribution in [0.4, 0.5) is 5.13 Å². The first-order valence-electron chi connectivity index (χ1n) is 9.04. The summed E-state index contributed by atoms with van der Waals surface area (Å²) in [6.07, 6.45) is 0. The lowest BCUT2D eigenvalue weighted by atomic mass is 9.86. The molecule has 0 aliphatic carbocycles. The highest BCUT2D eigenvalue weighted by molar-refractivity contribution is 9.10. The molecule has 4 rings (SSSR count). The molecule has 7 heteroatoms. The van der Waals surface area contributed by atoms with E-state index >= 15 is 0 Å². The van der Waals surface area contributed by atoms with E-state index < -0.39 is 23.7 Å². The number of nitrogens with zero attached hydrogens (tertiary/aromatic N) is 2. The number of thiazole rings is 1. The number of rotatable bonds is 4. The Balaban J connectivity index is 1.87. The maximum atomic E-state index is 13.3. The van der Waals surface area contributed by atoms with Crippen LogP contribution in [-0.4, -0.2) is 22.5 Å². The first-order chi connectivity index (χ1) is 13.9. The summed E-state index contributed by atoms with van der Waals surface area (Å²) in [6.45, 7) is 3.78. The molecule has 0 N–H and O–H groups in total. The van der Waals surface area contributed by atoms with Crippen LogP contribution < -0.4 is 4.90 Å². The monoisotopic (exact) mass is 468 g/mol. The second-order valence-electron chi connectivity index (χ2n) is 6.88. The molecule has 2 heterocycles. The number of halogens is 1. The third kappa shape index (κ3) is 3.45. The third-order valence-electron chi connectivity index (χ3n) is 5.08. The molecule has 5 nitrogen and oxygen atoms in total. The van der Waals surface area contributed by atoms with Gasteiger partial charge in [-0.15, -0.1) is 11.3 Å². The van der Waals surface area contributed by atoms with Crippen molar-refractivity contribution in [3.8, 4) is 0 Å². The van der Waals surface area contributed by atoms with E-state index in [4.69, 9.17) is 0 Å². The van der Waals surface area contributed by atoms with Gasteiger partial charge in [-0.25, -0.2) is 4.98 Å². The molecule has 1 aliphatic heterocycles. The van der Waals surface area contributed by atoms with Gasteiger partial charge in [-0.1, -0.05) is 58.4 Å². The quantitative estimate of drug-likeness (QED) is 0.316. The number of Topliss-reactive ketones (excluding diaryl/α,β-unsaturated/α-hetero) is 2. The van der Waals surface area contributed by atoms with Gasteiger partial charge >= 0.3 is 0 Å². The summed E-state index contributed by atoms with van der Waals surface area (Å²) in [4.78, 5) is 46.1. The predicted molar refractivity (Wildman–Crippen MR) is 115 cm³/mol. The topological polar surface area (TPSA) is 67.3 Å².